The van der Waals surface area contributed by atoms with Crippen LogP contribution >= 0.6 is 0 Å². The maximum absolute atomic E-state index is 10.9. The molecule has 15 heavy (non-hydrogen) atoms. The molecule has 0 aliphatic rings. The molecular weight excluding hydrogens is 192 g/mol. The van der Waals surface area contributed by atoms with Gasteiger partial charge in [0.05, 0.1) is 0 Å². The van der Waals surface area contributed by atoms with Gasteiger partial charge in [-0.15, -0.1) is 0 Å². The Labute approximate surface area is 89.9 Å². The third kappa shape index (κ3) is 3.27. The van der Waals surface area contributed by atoms with Crippen molar-refractivity contribution in [1.29, 1.82) is 0 Å². The summed E-state index contributed by atoms with van der Waals surface area (Å²) in [6, 6.07) is 7.53. The molecule has 0 unspecified atom stereocenters. The normalized spacial score (nSPS) is 10.1. The van der Waals surface area contributed by atoms with Crippen molar-refractivity contribution in [3.8, 4) is 5.75 Å². The first kappa shape index (κ1) is 11.6. The summed E-state index contributed by atoms with van der Waals surface area (Å²) in [7, 11) is 0. The van der Waals surface area contributed by atoms with E-state index in [1.54, 1.807) is 13.0 Å². The Kier molecular flexibility index (Phi) is 4.16. The van der Waals surface area contributed by atoms with Gasteiger partial charge in [-0.3, -0.25) is 9.78 Å². The van der Waals surface area contributed by atoms with E-state index in [0.29, 0.717) is 18.1 Å². The second-order valence-electron chi connectivity index (χ2n) is 3.58. The molecule has 0 amide bonds. The SMILES string of the molecule is CCC(=O)OOc1ccccc1C(C)C. The highest BCUT2D eigenvalue weighted by Crippen LogP contribution is 2.25. The van der Waals surface area contributed by atoms with Crippen molar-refractivity contribution in [1.82, 2.24) is 0 Å². The molecule has 0 aliphatic heterocycles. The number of hydrogen-bond donors (Lipinski definition) is 0. The van der Waals surface area contributed by atoms with E-state index in [1.165, 1.54) is 0 Å². The molecule has 0 saturated heterocycles. The molecule has 0 heterocycles. The summed E-state index contributed by atoms with van der Waals surface area (Å²) in [5.41, 5.74) is 1.03. The average Bonchev–Trinajstić information content (AvgIpc) is 2.26. The minimum Gasteiger partial charge on any atom is -0.287 e. The lowest BCUT2D eigenvalue weighted by Crippen LogP contribution is -2.07. The number of carbonyl (C=O) groups is 1. The van der Waals surface area contributed by atoms with Gasteiger partial charge in [0.25, 0.3) is 0 Å². The number of para-hydroxylation sites is 1. The van der Waals surface area contributed by atoms with Crippen molar-refractivity contribution in [2.24, 2.45) is 0 Å². The Morgan fingerprint density at radius 1 is 1.33 bits per heavy atom. The standard InChI is InChI=1S/C12H16O3/c1-4-12(13)15-14-11-8-6-5-7-10(11)9(2)3/h5-9H,4H2,1-3H3. The summed E-state index contributed by atoms with van der Waals surface area (Å²) < 4.78 is 0. The predicted molar refractivity (Wildman–Crippen MR) is 57.5 cm³/mol. The van der Waals surface area contributed by atoms with Crippen LogP contribution in [0.5, 0.6) is 5.75 Å². The van der Waals surface area contributed by atoms with Gasteiger partial charge in [-0.25, -0.2) is 4.79 Å². The highest BCUT2D eigenvalue weighted by Gasteiger charge is 2.09. The molecule has 1 rings (SSSR count). The molecule has 0 N–H and O–H groups in total. The van der Waals surface area contributed by atoms with Gasteiger partial charge in [0, 0.05) is 12.0 Å². The van der Waals surface area contributed by atoms with Gasteiger partial charge in [0.2, 0.25) is 0 Å². The highest BCUT2D eigenvalue weighted by atomic mass is 17.2. The number of rotatable bonds is 4. The Bertz CT molecular complexity index is 331. The molecule has 0 bridgehead atoms. The van der Waals surface area contributed by atoms with Crippen molar-refractivity contribution < 1.29 is 14.6 Å². The number of carbonyl (C=O) groups excluding carboxylic acids is 1. The minimum atomic E-state index is -0.367. The molecule has 0 radical (unpaired) electrons. The van der Waals surface area contributed by atoms with Gasteiger partial charge in [-0.2, -0.15) is 0 Å². The Morgan fingerprint density at radius 3 is 2.60 bits per heavy atom. The highest BCUT2D eigenvalue weighted by molar-refractivity contribution is 5.68. The molecule has 3 heteroatoms. The maximum atomic E-state index is 10.9. The van der Waals surface area contributed by atoms with Gasteiger partial charge >= 0.3 is 5.97 Å². The van der Waals surface area contributed by atoms with E-state index in [4.69, 9.17) is 4.89 Å². The van der Waals surface area contributed by atoms with Crippen LogP contribution in [-0.4, -0.2) is 5.97 Å². The van der Waals surface area contributed by atoms with Crippen LogP contribution in [0.4, 0.5) is 0 Å². The third-order valence-electron chi connectivity index (χ3n) is 2.05. The average molecular weight is 208 g/mol. The van der Waals surface area contributed by atoms with E-state index in [0.717, 1.165) is 5.56 Å². The van der Waals surface area contributed by atoms with E-state index in [1.807, 2.05) is 18.2 Å². The third-order valence-corrected chi connectivity index (χ3v) is 2.05. The predicted octanol–water partition coefficient (Wildman–Crippen LogP) is 3.06. The fraction of sp³-hybridized carbons (Fsp3) is 0.417. The van der Waals surface area contributed by atoms with Gasteiger partial charge in [-0.1, -0.05) is 39.0 Å². The van der Waals surface area contributed by atoms with Gasteiger partial charge in [0.15, 0.2) is 5.75 Å². The summed E-state index contributed by atoms with van der Waals surface area (Å²) in [5, 5.41) is 0. The Morgan fingerprint density at radius 2 is 2.00 bits per heavy atom. The van der Waals surface area contributed by atoms with Crippen LogP contribution in [0.15, 0.2) is 24.3 Å². The molecule has 1 aromatic rings. The Balaban J connectivity index is 2.71. The summed E-state index contributed by atoms with van der Waals surface area (Å²) in [6.07, 6.45) is 0.309. The van der Waals surface area contributed by atoms with E-state index in [9.17, 15) is 4.79 Å². The molecule has 0 saturated carbocycles. The molecular formula is C12H16O3. The van der Waals surface area contributed by atoms with Crippen molar-refractivity contribution >= 4 is 5.97 Å². The molecule has 0 aliphatic carbocycles. The Hall–Kier alpha value is -1.51. The summed E-state index contributed by atoms with van der Waals surface area (Å²) in [4.78, 5) is 20.5. The summed E-state index contributed by atoms with van der Waals surface area (Å²) in [5.74, 6) is 0.574. The van der Waals surface area contributed by atoms with Gasteiger partial charge < -0.3 is 0 Å². The van der Waals surface area contributed by atoms with Crippen molar-refractivity contribution in [3.05, 3.63) is 29.8 Å². The van der Waals surface area contributed by atoms with Crippen LogP contribution in [-0.2, 0) is 9.68 Å². The molecule has 82 valence electrons. The van der Waals surface area contributed by atoms with Gasteiger partial charge in [0.1, 0.15) is 0 Å². The van der Waals surface area contributed by atoms with E-state index < -0.39 is 0 Å². The quantitative estimate of drug-likeness (QED) is 0.563. The smallest absolute Gasteiger partial charge is 0.287 e. The topological polar surface area (TPSA) is 35.5 Å². The van der Waals surface area contributed by atoms with E-state index in [-0.39, 0.29) is 5.97 Å². The van der Waals surface area contributed by atoms with Gasteiger partial charge in [-0.05, 0) is 12.0 Å². The summed E-state index contributed by atoms with van der Waals surface area (Å²) in [6.45, 7) is 5.84. The lowest BCUT2D eigenvalue weighted by molar-refractivity contribution is -0.213. The van der Waals surface area contributed by atoms with Crippen LogP contribution in [0, 0.1) is 0 Å². The molecule has 0 aromatic heterocycles. The van der Waals surface area contributed by atoms with E-state index >= 15 is 0 Å². The monoisotopic (exact) mass is 208 g/mol. The zero-order valence-electron chi connectivity index (χ0n) is 9.32. The van der Waals surface area contributed by atoms with Crippen LogP contribution in [0.25, 0.3) is 0 Å². The van der Waals surface area contributed by atoms with Crippen LogP contribution in [0.3, 0.4) is 0 Å². The van der Waals surface area contributed by atoms with Crippen LogP contribution in [0.1, 0.15) is 38.7 Å². The molecule has 0 spiro atoms. The largest absolute Gasteiger partial charge is 0.355 e. The van der Waals surface area contributed by atoms with Crippen LogP contribution < -0.4 is 4.89 Å². The zero-order chi connectivity index (χ0) is 11.3. The van der Waals surface area contributed by atoms with E-state index in [2.05, 4.69) is 18.7 Å². The molecule has 1 aromatic carbocycles. The first-order chi connectivity index (χ1) is 7.15. The van der Waals surface area contributed by atoms with Crippen molar-refractivity contribution in [2.75, 3.05) is 0 Å². The second kappa shape index (κ2) is 5.39. The minimum absolute atomic E-state index is 0.309. The van der Waals surface area contributed by atoms with Crippen molar-refractivity contribution in [2.45, 2.75) is 33.1 Å². The zero-order valence-corrected chi connectivity index (χ0v) is 9.32. The van der Waals surface area contributed by atoms with Crippen LogP contribution in [0.2, 0.25) is 0 Å². The fourth-order valence-electron chi connectivity index (χ4n) is 1.18. The molecule has 3 nitrogen and oxygen atoms in total. The molecule has 0 atom stereocenters. The molecule has 0 fully saturated rings. The number of benzene rings is 1. The number of hydrogen-bond acceptors (Lipinski definition) is 3. The van der Waals surface area contributed by atoms with Crippen molar-refractivity contribution in [3.63, 3.8) is 0 Å². The fourth-order valence-corrected chi connectivity index (χ4v) is 1.18. The lowest BCUT2D eigenvalue weighted by atomic mass is 10.0. The first-order valence-electron chi connectivity index (χ1n) is 5.11. The first-order valence-corrected chi connectivity index (χ1v) is 5.11. The second-order valence-corrected chi connectivity index (χ2v) is 3.58. The summed E-state index contributed by atoms with van der Waals surface area (Å²) >= 11 is 0. The lowest BCUT2D eigenvalue weighted by Gasteiger charge is -2.11. The maximum Gasteiger partial charge on any atom is 0.355 e.